The van der Waals surface area contributed by atoms with Crippen LogP contribution in [-0.2, 0) is 32.7 Å². The molecule has 0 aliphatic rings. The van der Waals surface area contributed by atoms with Crippen LogP contribution in [0.15, 0.2) is 24.3 Å². The minimum absolute atomic E-state index is 0.0523. The molecule has 9 nitrogen and oxygen atoms in total. The van der Waals surface area contributed by atoms with Crippen LogP contribution in [0.25, 0.3) is 0 Å². The van der Waals surface area contributed by atoms with E-state index >= 15 is 0 Å². The van der Waals surface area contributed by atoms with E-state index in [1.807, 2.05) is 0 Å². The number of unbranched alkanes of at least 4 members (excludes halogenated alkanes) is 19. The van der Waals surface area contributed by atoms with Crippen LogP contribution in [0.4, 0.5) is 0 Å². The molecule has 0 saturated carbocycles. The van der Waals surface area contributed by atoms with Crippen LogP contribution in [0.5, 0.6) is 0 Å². The SMILES string of the molecule is CCCCC/C=C/CCCCCCCC(=O)OC[C@H](COP(=O)(O)OCCN)OC(=O)CCCCCCCCC/C=C/CCCCCC. The lowest BCUT2D eigenvalue weighted by Gasteiger charge is -2.19. The molecule has 0 aliphatic carbocycles. The third kappa shape index (κ3) is 34.4. The zero-order valence-electron chi connectivity index (χ0n) is 30.7. The van der Waals surface area contributed by atoms with E-state index < -0.39 is 32.5 Å². The van der Waals surface area contributed by atoms with Crippen LogP contribution in [0, 0.1) is 0 Å². The number of esters is 2. The summed E-state index contributed by atoms with van der Waals surface area (Å²) < 4.78 is 32.6. The lowest BCUT2D eigenvalue weighted by atomic mass is 10.1. The summed E-state index contributed by atoms with van der Waals surface area (Å²) in [7, 11) is -4.37. The highest BCUT2D eigenvalue weighted by Crippen LogP contribution is 2.43. The van der Waals surface area contributed by atoms with Crippen LogP contribution in [-0.4, -0.2) is 49.3 Å². The average Bonchev–Trinajstić information content (AvgIpc) is 3.07. The molecule has 48 heavy (non-hydrogen) atoms. The minimum atomic E-state index is -4.37. The largest absolute Gasteiger partial charge is 0.472 e. The second-order valence-electron chi connectivity index (χ2n) is 12.8. The molecule has 0 aromatic rings. The van der Waals surface area contributed by atoms with E-state index in [2.05, 4.69) is 38.2 Å². The van der Waals surface area contributed by atoms with E-state index in [1.54, 1.807) is 0 Å². The molecule has 0 aromatic carbocycles. The number of phosphoric ester groups is 1. The summed E-state index contributed by atoms with van der Waals surface area (Å²) in [6, 6.07) is 0. The summed E-state index contributed by atoms with van der Waals surface area (Å²) in [5.41, 5.74) is 5.33. The number of carbonyl (C=O) groups excluding carboxylic acids is 2. The smallest absolute Gasteiger partial charge is 0.462 e. The van der Waals surface area contributed by atoms with Crippen LogP contribution in [0.1, 0.15) is 174 Å². The second-order valence-corrected chi connectivity index (χ2v) is 14.2. The Morgan fingerprint density at radius 1 is 0.604 bits per heavy atom. The first-order chi connectivity index (χ1) is 23.3. The fourth-order valence-electron chi connectivity index (χ4n) is 5.15. The molecule has 0 bridgehead atoms. The van der Waals surface area contributed by atoms with E-state index in [0.717, 1.165) is 64.2 Å². The van der Waals surface area contributed by atoms with E-state index in [4.69, 9.17) is 24.3 Å². The zero-order chi connectivity index (χ0) is 35.4. The van der Waals surface area contributed by atoms with Gasteiger partial charge in [-0.05, 0) is 64.2 Å². The van der Waals surface area contributed by atoms with Crippen LogP contribution in [0.2, 0.25) is 0 Å². The normalized spacial score (nSPS) is 13.7. The van der Waals surface area contributed by atoms with Gasteiger partial charge < -0.3 is 20.1 Å². The highest BCUT2D eigenvalue weighted by Gasteiger charge is 2.25. The van der Waals surface area contributed by atoms with Gasteiger partial charge in [-0.25, -0.2) is 4.57 Å². The van der Waals surface area contributed by atoms with Gasteiger partial charge in [0.05, 0.1) is 13.2 Å². The quantitative estimate of drug-likeness (QED) is 0.0283. The number of carbonyl (C=O) groups is 2. The molecule has 3 N–H and O–H groups in total. The van der Waals surface area contributed by atoms with Crippen molar-refractivity contribution in [2.24, 2.45) is 5.73 Å². The molecule has 0 aliphatic heterocycles. The fourth-order valence-corrected chi connectivity index (χ4v) is 5.92. The molecule has 0 rings (SSSR count). The summed E-state index contributed by atoms with van der Waals surface area (Å²) in [5, 5.41) is 0. The molecule has 0 aromatic heterocycles. The maximum absolute atomic E-state index is 12.5. The maximum atomic E-state index is 12.5. The Labute approximate surface area is 293 Å². The molecule has 282 valence electrons. The highest BCUT2D eigenvalue weighted by molar-refractivity contribution is 7.47. The van der Waals surface area contributed by atoms with Gasteiger partial charge in [0, 0.05) is 19.4 Å². The summed E-state index contributed by atoms with van der Waals surface area (Å²) in [4.78, 5) is 34.7. The van der Waals surface area contributed by atoms with Crippen molar-refractivity contribution in [3.8, 4) is 0 Å². The third-order valence-corrected chi connectivity index (χ3v) is 9.04. The van der Waals surface area contributed by atoms with Crippen LogP contribution < -0.4 is 5.73 Å². The summed E-state index contributed by atoms with van der Waals surface area (Å²) in [6.45, 7) is 3.67. The molecule has 0 radical (unpaired) electrons. The van der Waals surface area contributed by atoms with Gasteiger partial charge in [-0.3, -0.25) is 18.6 Å². The Kier molecular flexibility index (Phi) is 34.2. The summed E-state index contributed by atoms with van der Waals surface area (Å²) >= 11 is 0. The van der Waals surface area contributed by atoms with Crippen molar-refractivity contribution in [2.45, 2.75) is 180 Å². The Balaban J connectivity index is 4.23. The number of hydrogen-bond donors (Lipinski definition) is 2. The first-order valence-electron chi connectivity index (χ1n) is 19.3. The maximum Gasteiger partial charge on any atom is 0.472 e. The van der Waals surface area contributed by atoms with Crippen LogP contribution in [0.3, 0.4) is 0 Å². The van der Waals surface area contributed by atoms with Crippen molar-refractivity contribution in [1.82, 2.24) is 0 Å². The number of allylic oxidation sites excluding steroid dienone is 4. The Morgan fingerprint density at radius 2 is 1.02 bits per heavy atom. The minimum Gasteiger partial charge on any atom is -0.462 e. The Bertz CT molecular complexity index is 851. The molecule has 10 heteroatoms. The predicted octanol–water partition coefficient (Wildman–Crippen LogP) is 10.4. The lowest BCUT2D eigenvalue weighted by molar-refractivity contribution is -0.161. The van der Waals surface area contributed by atoms with Crippen molar-refractivity contribution in [1.29, 1.82) is 0 Å². The van der Waals surface area contributed by atoms with E-state index in [-0.39, 0.29) is 32.6 Å². The van der Waals surface area contributed by atoms with Gasteiger partial charge in [-0.1, -0.05) is 122 Å². The molecular weight excluding hydrogens is 629 g/mol. The standard InChI is InChI=1S/C38H72NO8P/c1-3-5-7-9-11-13-15-17-18-19-21-23-25-27-29-31-38(41)47-36(35-46-48(42,43)45-33-32-39)34-44-37(40)30-28-26-24-22-20-16-14-12-10-8-6-4-2/h12-15,36H,3-11,16-35,39H2,1-2H3,(H,42,43)/b14-12+,15-13+/t36-/m1/s1. The zero-order valence-corrected chi connectivity index (χ0v) is 31.6. The van der Waals surface area contributed by atoms with Crippen molar-refractivity contribution >= 4 is 19.8 Å². The fraction of sp³-hybridized carbons (Fsp3) is 0.842. The van der Waals surface area contributed by atoms with Crippen molar-refractivity contribution in [2.75, 3.05) is 26.4 Å². The number of rotatable bonds is 36. The van der Waals surface area contributed by atoms with E-state index in [0.29, 0.717) is 6.42 Å². The third-order valence-electron chi connectivity index (χ3n) is 8.06. The predicted molar refractivity (Wildman–Crippen MR) is 197 cm³/mol. The molecule has 0 saturated heterocycles. The molecule has 0 fully saturated rings. The number of phosphoric acid groups is 1. The molecule has 2 atom stereocenters. The number of nitrogens with two attached hydrogens (primary N) is 1. The van der Waals surface area contributed by atoms with Gasteiger partial charge in [0.15, 0.2) is 6.10 Å². The highest BCUT2D eigenvalue weighted by atomic mass is 31.2. The van der Waals surface area contributed by atoms with Crippen molar-refractivity contribution in [3.63, 3.8) is 0 Å². The Hall–Kier alpha value is -1.51. The van der Waals surface area contributed by atoms with Gasteiger partial charge in [-0.2, -0.15) is 0 Å². The van der Waals surface area contributed by atoms with Gasteiger partial charge in [0.2, 0.25) is 0 Å². The first kappa shape index (κ1) is 46.5. The first-order valence-corrected chi connectivity index (χ1v) is 20.8. The van der Waals surface area contributed by atoms with Crippen molar-refractivity contribution < 1.29 is 37.6 Å². The summed E-state index contributed by atoms with van der Waals surface area (Å²) in [6.07, 6.45) is 34.9. The van der Waals surface area contributed by atoms with Crippen LogP contribution >= 0.6 is 7.82 Å². The molecule has 0 heterocycles. The molecule has 0 spiro atoms. The average molecular weight is 702 g/mol. The lowest BCUT2D eigenvalue weighted by Crippen LogP contribution is -2.29. The molecular formula is C38H72NO8P. The van der Waals surface area contributed by atoms with Gasteiger partial charge in [0.1, 0.15) is 6.61 Å². The van der Waals surface area contributed by atoms with E-state index in [9.17, 15) is 19.0 Å². The van der Waals surface area contributed by atoms with Gasteiger partial charge in [-0.15, -0.1) is 0 Å². The van der Waals surface area contributed by atoms with Gasteiger partial charge in [0.25, 0.3) is 0 Å². The van der Waals surface area contributed by atoms with E-state index in [1.165, 1.54) is 77.0 Å². The number of ether oxygens (including phenoxy) is 2. The van der Waals surface area contributed by atoms with Gasteiger partial charge >= 0.3 is 19.8 Å². The Morgan fingerprint density at radius 3 is 1.52 bits per heavy atom. The molecule has 0 amide bonds. The topological polar surface area (TPSA) is 134 Å². The monoisotopic (exact) mass is 701 g/mol. The molecule has 1 unspecified atom stereocenters. The van der Waals surface area contributed by atoms with Crippen molar-refractivity contribution in [3.05, 3.63) is 24.3 Å². The summed E-state index contributed by atoms with van der Waals surface area (Å²) in [5.74, 6) is -0.844. The second kappa shape index (κ2) is 35.3. The number of hydrogen-bond acceptors (Lipinski definition) is 8.